The van der Waals surface area contributed by atoms with Gasteiger partial charge >= 0.3 is 0 Å². The number of carbonyl (C=O) groups excluding carboxylic acids is 1. The fourth-order valence-electron chi connectivity index (χ4n) is 4.13. The minimum Gasteiger partial charge on any atom is -0.337 e. The maximum atomic E-state index is 14.5. The molecule has 0 radical (unpaired) electrons. The van der Waals surface area contributed by atoms with E-state index in [0.717, 1.165) is 25.9 Å². The Labute approximate surface area is 203 Å². The van der Waals surface area contributed by atoms with Crippen molar-refractivity contribution in [3.63, 3.8) is 0 Å². The van der Waals surface area contributed by atoms with Crippen molar-refractivity contribution in [3.8, 4) is 11.8 Å². The third-order valence-corrected chi connectivity index (χ3v) is 6.10. The summed E-state index contributed by atoms with van der Waals surface area (Å²) in [6, 6.07) is 8.22. The van der Waals surface area contributed by atoms with E-state index in [9.17, 15) is 9.18 Å². The summed E-state index contributed by atoms with van der Waals surface area (Å²) >= 11 is 5.91. The molecule has 3 aromatic rings. The first-order valence-corrected chi connectivity index (χ1v) is 11.3. The molecule has 0 bridgehead atoms. The molecule has 34 heavy (non-hydrogen) atoms. The van der Waals surface area contributed by atoms with Crippen LogP contribution in [-0.2, 0) is 4.79 Å². The number of rotatable bonds is 4. The molecule has 8 heteroatoms. The highest BCUT2D eigenvalue weighted by atomic mass is 35.5. The number of anilines is 3. The van der Waals surface area contributed by atoms with Gasteiger partial charge in [0.15, 0.2) is 5.82 Å². The van der Waals surface area contributed by atoms with Crippen LogP contribution in [0, 0.1) is 23.1 Å². The summed E-state index contributed by atoms with van der Waals surface area (Å²) in [5, 5.41) is 6.40. The number of aromatic nitrogens is 2. The molecule has 6 nitrogen and oxygen atoms in total. The molecule has 2 N–H and O–H groups in total. The van der Waals surface area contributed by atoms with Gasteiger partial charge in [-0.15, -0.1) is 0 Å². The van der Waals surface area contributed by atoms with E-state index in [1.165, 1.54) is 18.5 Å². The van der Waals surface area contributed by atoms with Crippen LogP contribution in [0.15, 0.2) is 49.3 Å². The van der Waals surface area contributed by atoms with E-state index in [-0.39, 0.29) is 22.0 Å². The topological polar surface area (TPSA) is 70.1 Å². The van der Waals surface area contributed by atoms with E-state index in [0.29, 0.717) is 28.0 Å². The normalized spacial score (nSPS) is 18.1. The quantitative estimate of drug-likeness (QED) is 0.390. The van der Waals surface area contributed by atoms with Crippen molar-refractivity contribution in [1.29, 1.82) is 0 Å². The summed E-state index contributed by atoms with van der Waals surface area (Å²) in [5.41, 5.74) is 1.77. The highest BCUT2D eigenvalue weighted by molar-refractivity contribution is 6.31. The molecule has 0 saturated carbocycles. The summed E-state index contributed by atoms with van der Waals surface area (Å²) in [6.45, 7) is 7.63. The maximum absolute atomic E-state index is 14.5. The number of nitrogens with zero attached hydrogens (tertiary/aromatic N) is 3. The molecule has 0 unspecified atom stereocenters. The second kappa shape index (κ2) is 9.80. The van der Waals surface area contributed by atoms with E-state index >= 15 is 0 Å². The molecule has 2 aromatic carbocycles. The first-order chi connectivity index (χ1) is 16.3. The van der Waals surface area contributed by atoms with E-state index in [2.05, 4.69) is 57.9 Å². The molecule has 1 aliphatic heterocycles. The maximum Gasteiger partial charge on any atom is 0.247 e. The van der Waals surface area contributed by atoms with Gasteiger partial charge in [-0.2, -0.15) is 0 Å². The second-order valence-electron chi connectivity index (χ2n) is 8.71. The highest BCUT2D eigenvalue weighted by Crippen LogP contribution is 2.32. The molecule has 174 valence electrons. The predicted molar refractivity (Wildman–Crippen MR) is 135 cm³/mol. The first kappa shape index (κ1) is 23.7. The number of fused-ring (bicyclic) bond motifs is 1. The molecule has 1 aliphatic rings. The van der Waals surface area contributed by atoms with Gasteiger partial charge < -0.3 is 15.5 Å². The van der Waals surface area contributed by atoms with Crippen molar-refractivity contribution in [3.05, 3.63) is 65.7 Å². The molecular weight excluding hydrogens is 453 g/mol. The fourth-order valence-corrected chi connectivity index (χ4v) is 4.31. The average molecular weight is 478 g/mol. The van der Waals surface area contributed by atoms with Crippen molar-refractivity contribution in [2.75, 3.05) is 30.8 Å². The standard InChI is InChI=1S/C26H25ClFN5O/c1-4-23(34)31-21-14-18-22(13-17(21)9-11-26(2)10-6-12-33(3)15-26)29-16-30-25(18)32-20-8-5-7-19(27)24(20)28/h4-5,7-8,13-14,16H,1,6,10,12,15H2,2-3H3,(H,31,34)(H,29,30,32)/t26-/m0/s1. The zero-order chi connectivity index (χ0) is 24.3. The molecule has 4 rings (SSSR count). The number of hydrogen-bond donors (Lipinski definition) is 2. The van der Waals surface area contributed by atoms with Gasteiger partial charge in [-0.05, 0) is 63.7 Å². The van der Waals surface area contributed by atoms with Gasteiger partial charge in [0.2, 0.25) is 5.91 Å². The molecule has 1 fully saturated rings. The average Bonchev–Trinajstić information content (AvgIpc) is 2.81. The van der Waals surface area contributed by atoms with Crippen LogP contribution >= 0.6 is 11.6 Å². The Morgan fingerprint density at radius 2 is 2.15 bits per heavy atom. The third kappa shape index (κ3) is 5.19. The molecule has 0 aliphatic carbocycles. The zero-order valence-corrected chi connectivity index (χ0v) is 19.8. The van der Waals surface area contributed by atoms with Gasteiger partial charge in [-0.1, -0.05) is 36.1 Å². The minimum atomic E-state index is -0.579. The van der Waals surface area contributed by atoms with Crippen molar-refractivity contribution < 1.29 is 9.18 Å². The van der Waals surface area contributed by atoms with E-state index < -0.39 is 5.82 Å². The van der Waals surface area contributed by atoms with Crippen LogP contribution in [0.1, 0.15) is 25.3 Å². The smallest absolute Gasteiger partial charge is 0.247 e. The monoisotopic (exact) mass is 477 g/mol. The molecule has 2 heterocycles. The lowest BCUT2D eigenvalue weighted by molar-refractivity contribution is -0.111. The summed E-state index contributed by atoms with van der Waals surface area (Å²) in [6.07, 6.45) is 4.68. The second-order valence-corrected chi connectivity index (χ2v) is 9.12. The minimum absolute atomic E-state index is 0.00158. The summed E-state index contributed by atoms with van der Waals surface area (Å²) in [5.74, 6) is 6.12. The summed E-state index contributed by atoms with van der Waals surface area (Å²) in [4.78, 5) is 23.1. The largest absolute Gasteiger partial charge is 0.337 e. The molecule has 1 saturated heterocycles. The summed E-state index contributed by atoms with van der Waals surface area (Å²) in [7, 11) is 2.10. The van der Waals surface area contributed by atoms with E-state index in [1.807, 2.05) is 0 Å². The fraction of sp³-hybridized carbons (Fsp3) is 0.269. The Kier molecular flexibility index (Phi) is 6.82. The van der Waals surface area contributed by atoms with Crippen LogP contribution < -0.4 is 10.6 Å². The van der Waals surface area contributed by atoms with Gasteiger partial charge in [0.25, 0.3) is 0 Å². The van der Waals surface area contributed by atoms with Crippen LogP contribution in [0.25, 0.3) is 10.9 Å². The first-order valence-electron chi connectivity index (χ1n) is 10.9. The Bertz CT molecular complexity index is 1330. The Balaban J connectivity index is 1.79. The highest BCUT2D eigenvalue weighted by Gasteiger charge is 2.27. The summed E-state index contributed by atoms with van der Waals surface area (Å²) < 4.78 is 14.5. The number of hydrogen-bond acceptors (Lipinski definition) is 5. The molecule has 0 spiro atoms. The van der Waals surface area contributed by atoms with E-state index in [4.69, 9.17) is 11.6 Å². The number of likely N-dealkylation sites (tertiary alicyclic amines) is 1. The van der Waals surface area contributed by atoms with Crippen molar-refractivity contribution in [2.24, 2.45) is 5.41 Å². The lowest BCUT2D eigenvalue weighted by Gasteiger charge is -2.34. The van der Waals surface area contributed by atoms with Crippen LogP contribution in [0.5, 0.6) is 0 Å². The van der Waals surface area contributed by atoms with Gasteiger partial charge in [0, 0.05) is 17.3 Å². The Morgan fingerprint density at radius 1 is 1.32 bits per heavy atom. The van der Waals surface area contributed by atoms with Gasteiger partial charge in [-0.25, -0.2) is 14.4 Å². The molecular formula is C26H25ClFN5O. The number of piperidine rings is 1. The van der Waals surface area contributed by atoms with Gasteiger partial charge in [0.05, 0.1) is 27.5 Å². The molecule has 1 atom stereocenters. The Hall–Kier alpha value is -3.47. The number of nitrogens with one attached hydrogen (secondary N) is 2. The van der Waals surface area contributed by atoms with E-state index in [1.54, 1.807) is 24.3 Å². The number of benzene rings is 2. The van der Waals surface area contributed by atoms with Crippen molar-refractivity contribution in [1.82, 2.24) is 14.9 Å². The van der Waals surface area contributed by atoms with Crippen molar-refractivity contribution in [2.45, 2.75) is 19.8 Å². The number of amides is 1. The number of halogens is 2. The van der Waals surface area contributed by atoms with Crippen molar-refractivity contribution >= 4 is 45.6 Å². The Morgan fingerprint density at radius 3 is 2.91 bits per heavy atom. The van der Waals surface area contributed by atoms with Crippen LogP contribution in [0.4, 0.5) is 21.6 Å². The van der Waals surface area contributed by atoms with Crippen LogP contribution in [0.2, 0.25) is 5.02 Å². The predicted octanol–water partition coefficient (Wildman–Crippen LogP) is 5.37. The molecule has 1 aromatic heterocycles. The lowest BCUT2D eigenvalue weighted by atomic mass is 9.82. The van der Waals surface area contributed by atoms with Gasteiger partial charge in [-0.3, -0.25) is 4.79 Å². The number of carbonyl (C=O) groups is 1. The molecule has 1 amide bonds. The zero-order valence-electron chi connectivity index (χ0n) is 19.1. The van der Waals surface area contributed by atoms with Gasteiger partial charge in [0.1, 0.15) is 12.1 Å². The lowest BCUT2D eigenvalue weighted by Crippen LogP contribution is -2.38. The third-order valence-electron chi connectivity index (χ3n) is 5.81. The SMILES string of the molecule is C=CC(=O)Nc1cc2c(Nc3cccc(Cl)c3F)ncnc2cc1C#C[C@]1(C)CCCN(C)C1. The van der Waals surface area contributed by atoms with Crippen LogP contribution in [-0.4, -0.2) is 40.9 Å². The van der Waals surface area contributed by atoms with Crippen LogP contribution in [0.3, 0.4) is 0 Å².